The van der Waals surface area contributed by atoms with E-state index in [-0.39, 0.29) is 5.91 Å². The third kappa shape index (κ3) is 2.89. The number of carbonyl (C=O) groups is 1. The summed E-state index contributed by atoms with van der Waals surface area (Å²) in [5, 5.41) is 6.13. The van der Waals surface area contributed by atoms with Gasteiger partial charge < -0.3 is 14.2 Å². The molecule has 25 heavy (non-hydrogen) atoms. The monoisotopic (exact) mass is 358 g/mol. The van der Waals surface area contributed by atoms with Crippen molar-refractivity contribution >= 4 is 23.4 Å². The van der Waals surface area contributed by atoms with Gasteiger partial charge in [0.05, 0.1) is 0 Å². The van der Waals surface area contributed by atoms with Crippen molar-refractivity contribution in [1.82, 2.24) is 5.01 Å². The van der Waals surface area contributed by atoms with Crippen LogP contribution in [0.1, 0.15) is 24.3 Å². The van der Waals surface area contributed by atoms with E-state index in [2.05, 4.69) is 5.10 Å². The largest absolute Gasteiger partial charge is 0.486 e. The zero-order valence-corrected chi connectivity index (χ0v) is 14.2. The van der Waals surface area contributed by atoms with E-state index in [9.17, 15) is 4.79 Å². The highest BCUT2D eigenvalue weighted by molar-refractivity contribution is 6.31. The van der Waals surface area contributed by atoms with Crippen molar-refractivity contribution in [1.29, 1.82) is 0 Å². The van der Waals surface area contributed by atoms with Crippen LogP contribution in [0.3, 0.4) is 0 Å². The van der Waals surface area contributed by atoms with Crippen molar-refractivity contribution in [2.75, 3.05) is 13.2 Å². The minimum atomic E-state index is -0.700. The van der Waals surface area contributed by atoms with Gasteiger partial charge in [-0.1, -0.05) is 29.8 Å². The molecule has 0 saturated heterocycles. The van der Waals surface area contributed by atoms with Crippen LogP contribution in [0, 0.1) is 0 Å². The zero-order chi connectivity index (χ0) is 17.4. The Morgan fingerprint density at radius 3 is 2.68 bits per heavy atom. The number of hydrazone groups is 1. The molecule has 4 rings (SSSR count). The van der Waals surface area contributed by atoms with Gasteiger partial charge in [0.1, 0.15) is 13.2 Å². The molecule has 1 atom stereocenters. The number of hydrogen-bond acceptors (Lipinski definition) is 5. The number of amides is 1. The summed E-state index contributed by atoms with van der Waals surface area (Å²) in [6.07, 6.45) is -0.700. The van der Waals surface area contributed by atoms with Gasteiger partial charge in [0.25, 0.3) is 0 Å². The van der Waals surface area contributed by atoms with Crippen molar-refractivity contribution in [3.05, 3.63) is 58.6 Å². The molecule has 2 aliphatic rings. The summed E-state index contributed by atoms with van der Waals surface area (Å²) < 4.78 is 17.1. The first kappa shape index (κ1) is 15.8. The van der Waals surface area contributed by atoms with Crippen LogP contribution in [0.25, 0.3) is 0 Å². The number of benzene rings is 2. The maximum atomic E-state index is 12.0. The Kier molecular flexibility index (Phi) is 3.97. The Morgan fingerprint density at radius 2 is 1.92 bits per heavy atom. The fourth-order valence-corrected chi connectivity index (χ4v) is 2.97. The number of fused-ring (bicyclic) bond motifs is 1. The average Bonchev–Trinajstić information content (AvgIpc) is 3.07. The second-order valence-corrected chi connectivity index (χ2v) is 6.03. The van der Waals surface area contributed by atoms with Crippen LogP contribution in [0.2, 0.25) is 5.02 Å². The number of nitrogens with zero attached hydrogens (tertiary/aromatic N) is 2. The quantitative estimate of drug-likeness (QED) is 0.826. The molecule has 0 bridgehead atoms. The van der Waals surface area contributed by atoms with Gasteiger partial charge in [0.15, 0.2) is 11.5 Å². The molecular formula is C18H15ClN2O4. The Bertz CT molecular complexity index is 868. The smallest absolute Gasteiger partial charge is 0.243 e. The zero-order valence-electron chi connectivity index (χ0n) is 13.4. The Balaban J connectivity index is 1.68. The molecule has 6 nitrogen and oxygen atoms in total. The third-order valence-electron chi connectivity index (χ3n) is 3.93. The summed E-state index contributed by atoms with van der Waals surface area (Å²) in [5.41, 5.74) is 1.38. The van der Waals surface area contributed by atoms with Crippen LogP contribution in [-0.2, 0) is 9.53 Å². The van der Waals surface area contributed by atoms with Crippen LogP contribution < -0.4 is 9.47 Å². The minimum absolute atomic E-state index is 0.238. The van der Waals surface area contributed by atoms with Crippen LogP contribution in [0.4, 0.5) is 0 Å². The molecule has 0 aliphatic carbocycles. The molecule has 0 saturated carbocycles. The second kappa shape index (κ2) is 6.29. The number of halogens is 1. The molecule has 2 aromatic carbocycles. The Labute approximate surface area is 149 Å². The Morgan fingerprint density at radius 1 is 1.16 bits per heavy atom. The van der Waals surface area contributed by atoms with Gasteiger partial charge >= 0.3 is 0 Å². The van der Waals surface area contributed by atoms with Gasteiger partial charge in [-0.3, -0.25) is 4.79 Å². The normalized spacial score (nSPS) is 18.6. The number of carbonyl (C=O) groups excluding carboxylic acids is 1. The van der Waals surface area contributed by atoms with Crippen molar-refractivity contribution in [2.45, 2.75) is 13.2 Å². The van der Waals surface area contributed by atoms with E-state index in [1.54, 1.807) is 18.2 Å². The van der Waals surface area contributed by atoms with Crippen LogP contribution >= 0.6 is 11.6 Å². The first-order valence-corrected chi connectivity index (χ1v) is 8.21. The minimum Gasteiger partial charge on any atom is -0.486 e. The molecule has 0 aromatic heterocycles. The summed E-state index contributed by atoms with van der Waals surface area (Å²) in [6, 6.07) is 12.6. The predicted octanol–water partition coefficient (Wildman–Crippen LogP) is 3.35. The SMILES string of the molecule is CC(=O)N1N=C(c2ccc3c(c2)OCCO3)OC1c1ccccc1Cl. The lowest BCUT2D eigenvalue weighted by Gasteiger charge is -2.20. The number of rotatable bonds is 2. The van der Waals surface area contributed by atoms with Crippen molar-refractivity contribution < 1.29 is 19.0 Å². The van der Waals surface area contributed by atoms with E-state index < -0.39 is 6.23 Å². The summed E-state index contributed by atoms with van der Waals surface area (Å²) in [7, 11) is 0. The maximum absolute atomic E-state index is 12.0. The first-order chi connectivity index (χ1) is 12.1. The number of ether oxygens (including phenoxy) is 3. The molecular weight excluding hydrogens is 344 g/mol. The molecule has 7 heteroatoms. The maximum Gasteiger partial charge on any atom is 0.243 e. The molecule has 128 valence electrons. The van der Waals surface area contributed by atoms with E-state index in [0.29, 0.717) is 46.8 Å². The summed E-state index contributed by atoms with van der Waals surface area (Å²) in [4.78, 5) is 12.0. The fourth-order valence-electron chi connectivity index (χ4n) is 2.74. The lowest BCUT2D eigenvalue weighted by molar-refractivity contribution is -0.135. The van der Waals surface area contributed by atoms with Crippen molar-refractivity contribution in [3.63, 3.8) is 0 Å². The van der Waals surface area contributed by atoms with Crippen LogP contribution in [-0.4, -0.2) is 30.0 Å². The third-order valence-corrected chi connectivity index (χ3v) is 4.27. The summed E-state index contributed by atoms with van der Waals surface area (Å²) in [6.45, 7) is 2.45. The van der Waals surface area contributed by atoms with E-state index in [1.807, 2.05) is 24.3 Å². The van der Waals surface area contributed by atoms with Gasteiger partial charge in [-0.15, -0.1) is 5.10 Å². The standard InChI is InChI=1S/C18H15ClN2O4/c1-11(22)21-18(13-4-2-3-5-14(13)19)25-17(20-21)12-6-7-15-16(10-12)24-9-8-23-15/h2-7,10,18H,8-9H2,1H3. The lowest BCUT2D eigenvalue weighted by Crippen LogP contribution is -2.25. The number of hydrogen-bond donors (Lipinski definition) is 0. The van der Waals surface area contributed by atoms with E-state index in [4.69, 9.17) is 25.8 Å². The fraction of sp³-hybridized carbons (Fsp3) is 0.222. The molecule has 2 heterocycles. The molecule has 0 fully saturated rings. The van der Waals surface area contributed by atoms with Gasteiger partial charge in [0, 0.05) is 23.1 Å². The summed E-state index contributed by atoms with van der Waals surface area (Å²) in [5.74, 6) is 1.40. The van der Waals surface area contributed by atoms with Crippen molar-refractivity contribution in [3.8, 4) is 11.5 Å². The molecule has 2 aliphatic heterocycles. The highest BCUT2D eigenvalue weighted by Crippen LogP contribution is 2.36. The van der Waals surface area contributed by atoms with E-state index in [1.165, 1.54) is 11.9 Å². The average molecular weight is 359 g/mol. The molecule has 0 spiro atoms. The van der Waals surface area contributed by atoms with Gasteiger partial charge in [0.2, 0.25) is 18.0 Å². The van der Waals surface area contributed by atoms with Crippen molar-refractivity contribution in [2.24, 2.45) is 5.10 Å². The summed E-state index contributed by atoms with van der Waals surface area (Å²) >= 11 is 6.26. The Hall–Kier alpha value is -2.73. The highest BCUT2D eigenvalue weighted by Gasteiger charge is 2.34. The van der Waals surface area contributed by atoms with Crippen LogP contribution in [0.15, 0.2) is 47.6 Å². The van der Waals surface area contributed by atoms with E-state index in [0.717, 1.165) is 0 Å². The van der Waals surface area contributed by atoms with Gasteiger partial charge in [-0.25, -0.2) is 0 Å². The molecule has 1 unspecified atom stereocenters. The second-order valence-electron chi connectivity index (χ2n) is 5.62. The molecule has 0 radical (unpaired) electrons. The topological polar surface area (TPSA) is 60.4 Å². The van der Waals surface area contributed by atoms with Gasteiger partial charge in [-0.2, -0.15) is 5.01 Å². The molecule has 2 aromatic rings. The van der Waals surface area contributed by atoms with Crippen LogP contribution in [0.5, 0.6) is 11.5 Å². The lowest BCUT2D eigenvalue weighted by atomic mass is 10.2. The van der Waals surface area contributed by atoms with E-state index >= 15 is 0 Å². The first-order valence-electron chi connectivity index (χ1n) is 7.83. The molecule has 0 N–H and O–H groups in total. The van der Waals surface area contributed by atoms with Gasteiger partial charge in [-0.05, 0) is 24.3 Å². The predicted molar refractivity (Wildman–Crippen MR) is 91.8 cm³/mol. The highest BCUT2D eigenvalue weighted by atomic mass is 35.5. The molecule has 1 amide bonds.